The molecule has 8 heteroatoms. The molecule has 1 N–H and O–H groups in total. The van der Waals surface area contributed by atoms with E-state index in [2.05, 4.69) is 20.4 Å². The Morgan fingerprint density at radius 1 is 1.38 bits per heavy atom. The van der Waals surface area contributed by atoms with E-state index in [1.165, 1.54) is 6.33 Å². The lowest BCUT2D eigenvalue weighted by Gasteiger charge is -2.13. The molecule has 24 heavy (non-hydrogen) atoms. The number of hydrogen-bond donors (Lipinski definition) is 1. The SMILES string of the molecule is CCC[C@@H](C)NC(=O)COC(=O)Cc1c(C)nc2ncnn2c1C. The van der Waals surface area contributed by atoms with Crippen molar-refractivity contribution < 1.29 is 14.3 Å². The summed E-state index contributed by atoms with van der Waals surface area (Å²) < 4.78 is 6.64. The molecule has 0 saturated carbocycles. The van der Waals surface area contributed by atoms with Crippen molar-refractivity contribution in [3.8, 4) is 0 Å². The zero-order valence-corrected chi connectivity index (χ0v) is 14.5. The van der Waals surface area contributed by atoms with Crippen LogP contribution in [0.15, 0.2) is 6.33 Å². The van der Waals surface area contributed by atoms with Crippen LogP contribution in [0.1, 0.15) is 43.6 Å². The van der Waals surface area contributed by atoms with E-state index in [-0.39, 0.29) is 25.0 Å². The highest BCUT2D eigenvalue weighted by Gasteiger charge is 2.16. The van der Waals surface area contributed by atoms with E-state index in [1.807, 2.05) is 27.7 Å². The highest BCUT2D eigenvalue weighted by atomic mass is 16.5. The largest absolute Gasteiger partial charge is 0.455 e. The zero-order chi connectivity index (χ0) is 17.7. The molecule has 8 nitrogen and oxygen atoms in total. The fraction of sp³-hybridized carbons (Fsp3) is 0.562. The number of ether oxygens (including phenoxy) is 1. The van der Waals surface area contributed by atoms with E-state index in [9.17, 15) is 9.59 Å². The maximum Gasteiger partial charge on any atom is 0.310 e. The Balaban J connectivity index is 1.94. The third-order valence-corrected chi connectivity index (χ3v) is 3.80. The predicted molar refractivity (Wildman–Crippen MR) is 87.4 cm³/mol. The van der Waals surface area contributed by atoms with Gasteiger partial charge in [-0.05, 0) is 27.2 Å². The van der Waals surface area contributed by atoms with E-state index in [0.29, 0.717) is 11.5 Å². The number of nitrogens with one attached hydrogen (secondary N) is 1. The lowest BCUT2D eigenvalue weighted by atomic mass is 10.1. The molecule has 0 unspecified atom stereocenters. The van der Waals surface area contributed by atoms with Gasteiger partial charge >= 0.3 is 5.97 Å². The number of hydrogen-bond acceptors (Lipinski definition) is 6. The minimum absolute atomic E-state index is 0.0399. The first kappa shape index (κ1) is 17.8. The van der Waals surface area contributed by atoms with Gasteiger partial charge in [0, 0.05) is 23.0 Å². The Morgan fingerprint density at radius 3 is 2.83 bits per heavy atom. The second kappa shape index (κ2) is 7.85. The van der Waals surface area contributed by atoms with E-state index >= 15 is 0 Å². The summed E-state index contributed by atoms with van der Waals surface area (Å²) in [4.78, 5) is 32.1. The van der Waals surface area contributed by atoms with Crippen molar-refractivity contribution in [3.05, 3.63) is 23.3 Å². The molecule has 0 bridgehead atoms. The molecule has 1 atom stereocenters. The standard InChI is InChI=1S/C16H23N5O3/c1-5-6-10(2)19-14(22)8-24-15(23)7-13-11(3)20-16-17-9-18-21(16)12(13)4/h9-10H,5-8H2,1-4H3,(H,19,22)/t10-/m1/s1. The minimum atomic E-state index is -0.472. The van der Waals surface area contributed by atoms with Crippen LogP contribution in [0.2, 0.25) is 0 Å². The molecule has 0 aliphatic rings. The molecular formula is C16H23N5O3. The third kappa shape index (κ3) is 4.27. The molecule has 0 aliphatic carbocycles. The molecule has 0 fully saturated rings. The molecule has 2 heterocycles. The van der Waals surface area contributed by atoms with Crippen molar-refractivity contribution >= 4 is 17.7 Å². The van der Waals surface area contributed by atoms with Crippen LogP contribution in [0.4, 0.5) is 0 Å². The molecule has 1 amide bonds. The molecular weight excluding hydrogens is 310 g/mol. The van der Waals surface area contributed by atoms with Crippen LogP contribution in [0.3, 0.4) is 0 Å². The molecule has 0 aromatic carbocycles. The average molecular weight is 333 g/mol. The lowest BCUT2D eigenvalue weighted by molar-refractivity contribution is -0.148. The highest BCUT2D eigenvalue weighted by molar-refractivity contribution is 5.81. The molecule has 2 rings (SSSR count). The number of amides is 1. The van der Waals surface area contributed by atoms with Crippen LogP contribution < -0.4 is 5.32 Å². The summed E-state index contributed by atoms with van der Waals surface area (Å²) in [6.45, 7) is 7.35. The van der Waals surface area contributed by atoms with Crippen molar-refractivity contribution in [1.29, 1.82) is 0 Å². The molecule has 130 valence electrons. The predicted octanol–water partition coefficient (Wildman–Crippen LogP) is 1.13. The van der Waals surface area contributed by atoms with Crippen LogP contribution in [-0.4, -0.2) is 44.1 Å². The summed E-state index contributed by atoms with van der Waals surface area (Å²) in [5.74, 6) is -0.269. The van der Waals surface area contributed by atoms with Gasteiger partial charge in [-0.25, -0.2) is 9.50 Å². The monoisotopic (exact) mass is 333 g/mol. The van der Waals surface area contributed by atoms with E-state index in [1.54, 1.807) is 4.52 Å². The highest BCUT2D eigenvalue weighted by Crippen LogP contribution is 2.14. The Hall–Kier alpha value is -2.51. The first-order chi connectivity index (χ1) is 11.4. The van der Waals surface area contributed by atoms with Gasteiger partial charge in [-0.3, -0.25) is 9.59 Å². The summed E-state index contributed by atoms with van der Waals surface area (Å²) in [6.07, 6.45) is 3.33. The van der Waals surface area contributed by atoms with Gasteiger partial charge in [0.25, 0.3) is 11.7 Å². The number of carbonyl (C=O) groups is 2. The third-order valence-electron chi connectivity index (χ3n) is 3.80. The van der Waals surface area contributed by atoms with E-state index < -0.39 is 5.97 Å². The average Bonchev–Trinajstić information content (AvgIpc) is 2.98. The maximum atomic E-state index is 12.0. The number of aromatic nitrogens is 4. The molecule has 2 aromatic heterocycles. The van der Waals surface area contributed by atoms with Gasteiger partial charge in [0.15, 0.2) is 6.61 Å². The zero-order valence-electron chi connectivity index (χ0n) is 14.5. The normalized spacial score (nSPS) is 12.2. The summed E-state index contributed by atoms with van der Waals surface area (Å²) >= 11 is 0. The number of carbonyl (C=O) groups excluding carboxylic acids is 2. The van der Waals surface area contributed by atoms with Crippen LogP contribution in [-0.2, 0) is 20.7 Å². The summed E-state index contributed by atoms with van der Waals surface area (Å²) in [5, 5.41) is 6.87. The van der Waals surface area contributed by atoms with E-state index in [0.717, 1.165) is 24.1 Å². The number of aryl methyl sites for hydroxylation is 2. The Morgan fingerprint density at radius 2 is 2.12 bits per heavy atom. The first-order valence-corrected chi connectivity index (χ1v) is 8.03. The van der Waals surface area contributed by atoms with Gasteiger partial charge in [-0.15, -0.1) is 0 Å². The quantitative estimate of drug-likeness (QED) is 0.763. The Labute approximate surface area is 140 Å². The Bertz CT molecular complexity index is 741. The summed E-state index contributed by atoms with van der Waals surface area (Å²) in [6, 6.07) is 0.0737. The number of nitrogens with zero attached hydrogens (tertiary/aromatic N) is 4. The lowest BCUT2D eigenvalue weighted by Crippen LogP contribution is -2.35. The van der Waals surface area contributed by atoms with Crippen molar-refractivity contribution in [2.45, 2.75) is 53.0 Å². The van der Waals surface area contributed by atoms with Gasteiger partial charge in [0.05, 0.1) is 6.42 Å². The van der Waals surface area contributed by atoms with Crippen molar-refractivity contribution in [3.63, 3.8) is 0 Å². The molecule has 2 aromatic rings. The van der Waals surface area contributed by atoms with Gasteiger partial charge in [-0.2, -0.15) is 10.1 Å². The fourth-order valence-corrected chi connectivity index (χ4v) is 2.57. The summed E-state index contributed by atoms with van der Waals surface area (Å²) in [7, 11) is 0. The van der Waals surface area contributed by atoms with Gasteiger partial charge in [-0.1, -0.05) is 13.3 Å². The topological polar surface area (TPSA) is 98.5 Å². The van der Waals surface area contributed by atoms with Crippen LogP contribution in [0, 0.1) is 13.8 Å². The molecule has 0 radical (unpaired) electrons. The molecule has 0 saturated heterocycles. The first-order valence-electron chi connectivity index (χ1n) is 8.03. The second-order valence-corrected chi connectivity index (χ2v) is 5.83. The fourth-order valence-electron chi connectivity index (χ4n) is 2.57. The maximum absolute atomic E-state index is 12.0. The van der Waals surface area contributed by atoms with Crippen LogP contribution in [0.25, 0.3) is 5.78 Å². The molecule has 0 aliphatic heterocycles. The molecule has 0 spiro atoms. The minimum Gasteiger partial charge on any atom is -0.455 e. The van der Waals surface area contributed by atoms with Crippen molar-refractivity contribution in [2.24, 2.45) is 0 Å². The van der Waals surface area contributed by atoms with Crippen LogP contribution >= 0.6 is 0 Å². The second-order valence-electron chi connectivity index (χ2n) is 5.83. The summed E-state index contributed by atoms with van der Waals surface area (Å²) in [5.41, 5.74) is 2.22. The van der Waals surface area contributed by atoms with E-state index in [4.69, 9.17) is 4.74 Å². The number of fused-ring (bicyclic) bond motifs is 1. The Kier molecular flexibility index (Phi) is 5.83. The van der Waals surface area contributed by atoms with Crippen LogP contribution in [0.5, 0.6) is 0 Å². The van der Waals surface area contributed by atoms with Gasteiger partial charge < -0.3 is 10.1 Å². The van der Waals surface area contributed by atoms with Gasteiger partial charge in [0.1, 0.15) is 6.33 Å². The van der Waals surface area contributed by atoms with Crippen molar-refractivity contribution in [1.82, 2.24) is 24.9 Å². The smallest absolute Gasteiger partial charge is 0.310 e. The van der Waals surface area contributed by atoms with Crippen molar-refractivity contribution in [2.75, 3.05) is 6.61 Å². The van der Waals surface area contributed by atoms with Gasteiger partial charge in [0.2, 0.25) is 0 Å². The number of esters is 1. The number of rotatable bonds is 7.